The molecule has 0 aliphatic rings. The van der Waals surface area contributed by atoms with Crippen molar-refractivity contribution in [2.45, 2.75) is 27.7 Å². The van der Waals surface area contributed by atoms with Crippen LogP contribution in [-0.2, 0) is 9.53 Å². The summed E-state index contributed by atoms with van der Waals surface area (Å²) < 4.78 is 4.93. The quantitative estimate of drug-likeness (QED) is 0.446. The molecule has 0 aliphatic carbocycles. The predicted molar refractivity (Wildman–Crippen MR) is 109 cm³/mol. The monoisotopic (exact) mass is 377 g/mol. The summed E-state index contributed by atoms with van der Waals surface area (Å²) in [6, 6.07) is 12.4. The van der Waals surface area contributed by atoms with Gasteiger partial charge in [0.2, 0.25) is 0 Å². The zero-order chi connectivity index (χ0) is 20.7. The molecule has 0 unspecified atom stereocenters. The molecule has 2 aromatic rings. The summed E-state index contributed by atoms with van der Waals surface area (Å²) in [5, 5.41) is 15.0. The van der Waals surface area contributed by atoms with Crippen LogP contribution in [0.4, 0.5) is 11.4 Å². The average Bonchev–Trinajstić information content (AvgIpc) is 2.65. The molecule has 1 amide bonds. The van der Waals surface area contributed by atoms with E-state index in [-0.39, 0.29) is 5.57 Å². The first-order valence-corrected chi connectivity index (χ1v) is 8.89. The Labute approximate surface area is 164 Å². The zero-order valence-electron chi connectivity index (χ0n) is 16.4. The van der Waals surface area contributed by atoms with Crippen LogP contribution in [0.3, 0.4) is 0 Å². The zero-order valence-corrected chi connectivity index (χ0v) is 16.4. The number of amides is 1. The highest BCUT2D eigenvalue weighted by atomic mass is 16.5. The minimum Gasteiger partial charge on any atom is -0.462 e. The number of ether oxygens (including phenoxy) is 1. The second-order valence-electron chi connectivity index (χ2n) is 6.34. The topological polar surface area (TPSA) is 91.2 Å². The van der Waals surface area contributed by atoms with Gasteiger partial charge >= 0.3 is 5.97 Å². The van der Waals surface area contributed by atoms with Gasteiger partial charge in [0.1, 0.15) is 11.6 Å². The number of carbonyl (C=O) groups excluding carboxylic acids is 2. The summed E-state index contributed by atoms with van der Waals surface area (Å²) in [4.78, 5) is 24.1. The lowest BCUT2D eigenvalue weighted by Gasteiger charge is -2.12. The van der Waals surface area contributed by atoms with Gasteiger partial charge in [-0.1, -0.05) is 17.7 Å². The fraction of sp³-hybridized carbons (Fsp3) is 0.227. The van der Waals surface area contributed by atoms with Crippen LogP contribution in [-0.4, -0.2) is 18.5 Å². The first kappa shape index (κ1) is 20.7. The van der Waals surface area contributed by atoms with Gasteiger partial charge in [0.05, 0.1) is 12.2 Å². The minimum absolute atomic E-state index is 0.0613. The Bertz CT molecular complexity index is 931. The van der Waals surface area contributed by atoms with Crippen molar-refractivity contribution in [3.05, 3.63) is 70.4 Å². The molecule has 6 heteroatoms. The molecule has 2 N–H and O–H groups in total. The molecule has 6 nitrogen and oxygen atoms in total. The molecular weight excluding hydrogens is 354 g/mol. The van der Waals surface area contributed by atoms with E-state index in [0.717, 1.165) is 16.7 Å². The van der Waals surface area contributed by atoms with Gasteiger partial charge in [-0.15, -0.1) is 0 Å². The first-order chi connectivity index (χ1) is 13.3. The van der Waals surface area contributed by atoms with Crippen LogP contribution in [0, 0.1) is 32.1 Å². The second kappa shape index (κ2) is 9.38. The predicted octanol–water partition coefficient (Wildman–Crippen LogP) is 4.25. The van der Waals surface area contributed by atoms with Crippen LogP contribution in [0.2, 0.25) is 0 Å². The Morgan fingerprint density at radius 1 is 1.11 bits per heavy atom. The summed E-state index contributed by atoms with van der Waals surface area (Å²) >= 11 is 0. The highest BCUT2D eigenvalue weighted by molar-refractivity contribution is 6.07. The van der Waals surface area contributed by atoms with Gasteiger partial charge in [-0.25, -0.2) is 4.79 Å². The number of carbonyl (C=O) groups is 2. The van der Waals surface area contributed by atoms with Crippen molar-refractivity contribution in [1.29, 1.82) is 5.26 Å². The van der Waals surface area contributed by atoms with Crippen LogP contribution < -0.4 is 10.6 Å². The van der Waals surface area contributed by atoms with E-state index in [0.29, 0.717) is 23.5 Å². The van der Waals surface area contributed by atoms with Gasteiger partial charge in [0.15, 0.2) is 0 Å². The largest absolute Gasteiger partial charge is 0.462 e. The number of anilines is 2. The molecule has 0 saturated heterocycles. The van der Waals surface area contributed by atoms with E-state index in [9.17, 15) is 14.9 Å². The van der Waals surface area contributed by atoms with Crippen LogP contribution >= 0.6 is 0 Å². The summed E-state index contributed by atoms with van der Waals surface area (Å²) in [6.07, 6.45) is 1.34. The van der Waals surface area contributed by atoms with E-state index >= 15 is 0 Å². The van der Waals surface area contributed by atoms with E-state index in [2.05, 4.69) is 10.6 Å². The number of esters is 1. The molecule has 2 aromatic carbocycles. The van der Waals surface area contributed by atoms with Crippen molar-refractivity contribution < 1.29 is 14.3 Å². The van der Waals surface area contributed by atoms with Crippen LogP contribution in [0.5, 0.6) is 0 Å². The van der Waals surface area contributed by atoms with Gasteiger partial charge < -0.3 is 15.4 Å². The molecule has 0 atom stereocenters. The number of rotatable bonds is 6. The van der Waals surface area contributed by atoms with Crippen molar-refractivity contribution in [2.75, 3.05) is 17.2 Å². The fourth-order valence-corrected chi connectivity index (χ4v) is 2.78. The van der Waals surface area contributed by atoms with Crippen LogP contribution in [0.25, 0.3) is 0 Å². The Hall–Kier alpha value is -3.59. The highest BCUT2D eigenvalue weighted by Crippen LogP contribution is 2.22. The van der Waals surface area contributed by atoms with Gasteiger partial charge in [-0.3, -0.25) is 4.79 Å². The molecule has 144 valence electrons. The summed E-state index contributed by atoms with van der Waals surface area (Å²) in [5.41, 5.74) is 4.69. The Kier molecular flexibility index (Phi) is 6.94. The first-order valence-electron chi connectivity index (χ1n) is 8.89. The third kappa shape index (κ3) is 5.21. The van der Waals surface area contributed by atoms with Gasteiger partial charge in [0.25, 0.3) is 5.91 Å². The molecule has 0 saturated carbocycles. The van der Waals surface area contributed by atoms with E-state index in [1.807, 2.05) is 39.0 Å². The molecule has 0 aliphatic heterocycles. The van der Waals surface area contributed by atoms with Gasteiger partial charge in [0, 0.05) is 17.6 Å². The number of hydrogen-bond acceptors (Lipinski definition) is 5. The number of benzene rings is 2. The lowest BCUT2D eigenvalue weighted by Crippen LogP contribution is -2.16. The number of hydrogen-bond donors (Lipinski definition) is 2. The molecule has 0 spiro atoms. The number of nitrogens with one attached hydrogen (secondary N) is 2. The molecule has 0 aromatic heterocycles. The van der Waals surface area contributed by atoms with E-state index in [4.69, 9.17) is 4.74 Å². The molecule has 0 bridgehead atoms. The van der Waals surface area contributed by atoms with Gasteiger partial charge in [-0.2, -0.15) is 5.26 Å². The normalized spacial score (nSPS) is 10.8. The standard InChI is InChI=1S/C22H23N3O3/c1-5-28-22(27)17-6-8-19(9-7-17)24-13-18(12-23)21(26)25-20-15(3)10-14(2)11-16(20)4/h6-11,13,24H,5H2,1-4H3,(H,25,26)/b18-13-. The Morgan fingerprint density at radius 2 is 1.71 bits per heavy atom. The number of nitrogens with zero attached hydrogens (tertiary/aromatic N) is 1. The maximum Gasteiger partial charge on any atom is 0.338 e. The molecule has 0 radical (unpaired) electrons. The summed E-state index contributed by atoms with van der Waals surface area (Å²) in [5.74, 6) is -0.890. The highest BCUT2D eigenvalue weighted by Gasteiger charge is 2.13. The van der Waals surface area contributed by atoms with Gasteiger partial charge in [-0.05, 0) is 63.1 Å². The minimum atomic E-state index is -0.492. The van der Waals surface area contributed by atoms with Crippen molar-refractivity contribution in [2.24, 2.45) is 0 Å². The average molecular weight is 377 g/mol. The summed E-state index contributed by atoms with van der Waals surface area (Å²) in [6.45, 7) is 7.86. The Balaban J connectivity index is 2.10. The van der Waals surface area contributed by atoms with E-state index in [1.165, 1.54) is 6.20 Å². The van der Waals surface area contributed by atoms with Crippen molar-refractivity contribution >= 4 is 23.3 Å². The Morgan fingerprint density at radius 3 is 2.25 bits per heavy atom. The maximum absolute atomic E-state index is 12.5. The van der Waals surface area contributed by atoms with E-state index in [1.54, 1.807) is 31.2 Å². The lowest BCUT2D eigenvalue weighted by atomic mass is 10.0. The second-order valence-corrected chi connectivity index (χ2v) is 6.34. The molecule has 28 heavy (non-hydrogen) atoms. The van der Waals surface area contributed by atoms with Crippen LogP contribution in [0.15, 0.2) is 48.2 Å². The van der Waals surface area contributed by atoms with Crippen molar-refractivity contribution in [3.8, 4) is 6.07 Å². The van der Waals surface area contributed by atoms with E-state index < -0.39 is 11.9 Å². The van der Waals surface area contributed by atoms with Crippen molar-refractivity contribution in [1.82, 2.24) is 0 Å². The lowest BCUT2D eigenvalue weighted by molar-refractivity contribution is -0.112. The maximum atomic E-state index is 12.5. The SMILES string of the molecule is CCOC(=O)c1ccc(N/C=C(/C#N)C(=O)Nc2c(C)cc(C)cc2C)cc1. The fourth-order valence-electron chi connectivity index (χ4n) is 2.78. The van der Waals surface area contributed by atoms with Crippen molar-refractivity contribution in [3.63, 3.8) is 0 Å². The number of nitriles is 1. The van der Waals surface area contributed by atoms with Crippen LogP contribution in [0.1, 0.15) is 34.0 Å². The smallest absolute Gasteiger partial charge is 0.338 e. The summed E-state index contributed by atoms with van der Waals surface area (Å²) in [7, 11) is 0. The number of aryl methyl sites for hydroxylation is 3. The molecule has 2 rings (SSSR count). The third-order valence-corrected chi connectivity index (χ3v) is 4.06. The molecule has 0 heterocycles. The molecular formula is C22H23N3O3. The third-order valence-electron chi connectivity index (χ3n) is 4.06. The molecule has 0 fully saturated rings.